The van der Waals surface area contributed by atoms with Crippen molar-refractivity contribution in [2.75, 3.05) is 0 Å². The first kappa shape index (κ1) is 22.5. The second kappa shape index (κ2) is 9.91. The van der Waals surface area contributed by atoms with Gasteiger partial charge in [0.15, 0.2) is 5.82 Å². The van der Waals surface area contributed by atoms with Gasteiger partial charge in [0.05, 0.1) is 0 Å². The van der Waals surface area contributed by atoms with Crippen LogP contribution in [0.1, 0.15) is 63.3 Å². The lowest BCUT2D eigenvalue weighted by Crippen LogP contribution is -2.37. The molecular formula is C26H33N7O. The van der Waals surface area contributed by atoms with E-state index in [1.54, 1.807) is 4.68 Å². The molecule has 0 saturated heterocycles. The monoisotopic (exact) mass is 459 g/mol. The van der Waals surface area contributed by atoms with E-state index in [2.05, 4.69) is 57.9 Å². The number of benzene rings is 1. The van der Waals surface area contributed by atoms with E-state index in [4.69, 9.17) is 5.10 Å². The van der Waals surface area contributed by atoms with Gasteiger partial charge >= 0.3 is 5.69 Å². The van der Waals surface area contributed by atoms with E-state index in [1.807, 2.05) is 22.8 Å². The molecule has 1 N–H and O–H groups in total. The SMILES string of the molecule is CCc1nn(CCC2CCCCC2)c(=O)n1CC1(c2ccccc2-c2nnn[nH]2)C=CC=CC1. The van der Waals surface area contributed by atoms with Gasteiger partial charge in [0.2, 0.25) is 0 Å². The molecule has 1 fully saturated rings. The predicted molar refractivity (Wildman–Crippen MR) is 131 cm³/mol. The number of aromatic amines is 1. The van der Waals surface area contributed by atoms with Crippen LogP contribution in [0.5, 0.6) is 0 Å². The summed E-state index contributed by atoms with van der Waals surface area (Å²) in [5.41, 5.74) is 1.64. The van der Waals surface area contributed by atoms with E-state index in [0.717, 1.165) is 42.1 Å². The molecule has 178 valence electrons. The summed E-state index contributed by atoms with van der Waals surface area (Å²) in [4.78, 5) is 13.6. The highest BCUT2D eigenvalue weighted by molar-refractivity contribution is 5.63. The highest BCUT2D eigenvalue weighted by atomic mass is 16.2. The van der Waals surface area contributed by atoms with Crippen LogP contribution in [0.2, 0.25) is 0 Å². The van der Waals surface area contributed by atoms with Crippen molar-refractivity contribution in [1.82, 2.24) is 35.0 Å². The summed E-state index contributed by atoms with van der Waals surface area (Å²) < 4.78 is 3.59. The Morgan fingerprint density at radius 1 is 1.15 bits per heavy atom. The Bertz CT molecular complexity index is 1210. The molecule has 0 spiro atoms. The van der Waals surface area contributed by atoms with Crippen molar-refractivity contribution in [1.29, 1.82) is 0 Å². The number of hydrogen-bond acceptors (Lipinski definition) is 5. The number of nitrogens with zero attached hydrogens (tertiary/aromatic N) is 6. The molecule has 8 heteroatoms. The number of allylic oxidation sites excluding steroid dienone is 4. The third kappa shape index (κ3) is 4.41. The highest BCUT2D eigenvalue weighted by Crippen LogP contribution is 2.39. The first-order valence-corrected chi connectivity index (χ1v) is 12.5. The van der Waals surface area contributed by atoms with Gasteiger partial charge < -0.3 is 0 Å². The number of H-pyrrole nitrogens is 1. The van der Waals surface area contributed by atoms with Crippen molar-refractivity contribution in [2.45, 2.75) is 76.8 Å². The maximum atomic E-state index is 13.6. The molecule has 2 aliphatic carbocycles. The molecule has 1 atom stereocenters. The normalized spacial score (nSPS) is 20.7. The largest absolute Gasteiger partial charge is 0.345 e. The molecule has 0 radical (unpaired) electrons. The van der Waals surface area contributed by atoms with Crippen molar-refractivity contribution in [2.24, 2.45) is 5.92 Å². The lowest BCUT2D eigenvalue weighted by Gasteiger charge is -2.33. The molecule has 34 heavy (non-hydrogen) atoms. The Kier molecular flexibility index (Phi) is 6.56. The fourth-order valence-corrected chi connectivity index (χ4v) is 5.58. The average Bonchev–Trinajstić information content (AvgIpc) is 3.53. The summed E-state index contributed by atoms with van der Waals surface area (Å²) in [6, 6.07) is 8.17. The standard InChI is InChI=1S/C26H33N7O/c1-2-23-29-33(18-15-20-11-5-3-6-12-20)25(34)32(23)19-26(16-9-4-10-17-26)22-14-8-7-13-21(22)24-27-30-31-28-24/h4,7-10,13-14,16,20H,2-3,5-6,11-12,15,17-19H2,1H3,(H,27,28,30,31). The van der Waals surface area contributed by atoms with Crippen molar-refractivity contribution in [3.63, 3.8) is 0 Å². The average molecular weight is 460 g/mol. The predicted octanol–water partition coefficient (Wildman–Crippen LogP) is 4.21. The molecule has 2 aliphatic rings. The Balaban J connectivity index is 1.49. The van der Waals surface area contributed by atoms with Gasteiger partial charge in [0.25, 0.3) is 0 Å². The molecule has 3 aromatic rings. The van der Waals surface area contributed by atoms with Gasteiger partial charge in [-0.1, -0.05) is 87.6 Å². The van der Waals surface area contributed by atoms with Gasteiger partial charge in [0, 0.05) is 30.5 Å². The summed E-state index contributed by atoms with van der Waals surface area (Å²) >= 11 is 0. The van der Waals surface area contributed by atoms with Crippen LogP contribution in [-0.2, 0) is 24.9 Å². The van der Waals surface area contributed by atoms with Gasteiger partial charge in [-0.05, 0) is 34.7 Å². The van der Waals surface area contributed by atoms with Gasteiger partial charge in [-0.2, -0.15) is 5.10 Å². The summed E-state index contributed by atoms with van der Waals surface area (Å²) in [6.07, 6.45) is 17.6. The zero-order valence-electron chi connectivity index (χ0n) is 19.9. The number of aromatic nitrogens is 7. The molecule has 5 rings (SSSR count). The molecule has 2 aromatic heterocycles. The molecule has 1 aromatic carbocycles. The number of tetrazole rings is 1. The van der Waals surface area contributed by atoms with Crippen LogP contribution in [0.25, 0.3) is 11.4 Å². The zero-order valence-corrected chi connectivity index (χ0v) is 19.9. The van der Waals surface area contributed by atoms with Gasteiger partial charge in [-0.15, -0.1) is 5.10 Å². The Morgan fingerprint density at radius 3 is 2.74 bits per heavy atom. The highest BCUT2D eigenvalue weighted by Gasteiger charge is 2.35. The van der Waals surface area contributed by atoms with Crippen molar-refractivity contribution >= 4 is 0 Å². The topological polar surface area (TPSA) is 94.3 Å². The fraction of sp³-hybridized carbons (Fsp3) is 0.500. The van der Waals surface area contributed by atoms with E-state index < -0.39 is 5.41 Å². The molecule has 8 nitrogen and oxygen atoms in total. The second-order valence-corrected chi connectivity index (χ2v) is 9.60. The number of nitrogens with one attached hydrogen (secondary N) is 1. The van der Waals surface area contributed by atoms with E-state index in [1.165, 1.54) is 32.1 Å². The van der Waals surface area contributed by atoms with Crippen LogP contribution in [0.3, 0.4) is 0 Å². The van der Waals surface area contributed by atoms with E-state index in [-0.39, 0.29) is 5.69 Å². The van der Waals surface area contributed by atoms with Gasteiger partial charge in [0.1, 0.15) is 5.82 Å². The Morgan fingerprint density at radius 2 is 2.00 bits per heavy atom. The maximum Gasteiger partial charge on any atom is 0.345 e. The van der Waals surface area contributed by atoms with Crippen LogP contribution in [0.15, 0.2) is 53.4 Å². The maximum absolute atomic E-state index is 13.6. The van der Waals surface area contributed by atoms with Crippen molar-refractivity contribution < 1.29 is 0 Å². The minimum absolute atomic E-state index is 0.00574. The number of rotatable bonds is 8. The molecule has 0 amide bonds. The van der Waals surface area contributed by atoms with E-state index >= 15 is 0 Å². The minimum atomic E-state index is -0.400. The van der Waals surface area contributed by atoms with Gasteiger partial charge in [-0.3, -0.25) is 4.57 Å². The number of aryl methyl sites for hydroxylation is 2. The fourth-order valence-electron chi connectivity index (χ4n) is 5.58. The minimum Gasteiger partial charge on any atom is -0.278 e. The first-order chi connectivity index (χ1) is 16.7. The molecular weight excluding hydrogens is 426 g/mol. The zero-order chi connectivity index (χ0) is 23.4. The van der Waals surface area contributed by atoms with Crippen LogP contribution >= 0.6 is 0 Å². The van der Waals surface area contributed by atoms with E-state index in [9.17, 15) is 4.79 Å². The van der Waals surface area contributed by atoms with Crippen LogP contribution in [0.4, 0.5) is 0 Å². The van der Waals surface area contributed by atoms with Crippen molar-refractivity contribution in [3.8, 4) is 11.4 Å². The quantitative estimate of drug-likeness (QED) is 0.544. The summed E-state index contributed by atoms with van der Waals surface area (Å²) in [6.45, 7) is 3.30. The Hall–Kier alpha value is -3.29. The molecule has 1 saturated carbocycles. The lowest BCUT2D eigenvalue weighted by atomic mass is 9.73. The summed E-state index contributed by atoms with van der Waals surface area (Å²) in [7, 11) is 0. The third-order valence-electron chi connectivity index (χ3n) is 7.44. The third-order valence-corrected chi connectivity index (χ3v) is 7.44. The lowest BCUT2D eigenvalue weighted by molar-refractivity contribution is 0.316. The Labute approximate surface area is 199 Å². The van der Waals surface area contributed by atoms with Crippen LogP contribution < -0.4 is 5.69 Å². The smallest absolute Gasteiger partial charge is 0.278 e. The van der Waals surface area contributed by atoms with Crippen molar-refractivity contribution in [3.05, 3.63) is 70.4 Å². The molecule has 2 heterocycles. The second-order valence-electron chi connectivity index (χ2n) is 9.60. The first-order valence-electron chi connectivity index (χ1n) is 12.5. The number of hydrogen-bond donors (Lipinski definition) is 1. The molecule has 0 bridgehead atoms. The molecule has 0 aliphatic heterocycles. The van der Waals surface area contributed by atoms with Crippen LogP contribution in [-0.4, -0.2) is 35.0 Å². The van der Waals surface area contributed by atoms with Gasteiger partial charge in [-0.25, -0.2) is 14.6 Å². The summed E-state index contributed by atoms with van der Waals surface area (Å²) in [5, 5.41) is 19.4. The molecule has 1 unspecified atom stereocenters. The van der Waals surface area contributed by atoms with Crippen LogP contribution in [0, 0.1) is 5.92 Å². The summed E-state index contributed by atoms with van der Waals surface area (Å²) in [5.74, 6) is 2.19. The van der Waals surface area contributed by atoms with E-state index in [0.29, 0.717) is 18.9 Å².